The third kappa shape index (κ3) is 4.50. The Morgan fingerprint density at radius 1 is 1.32 bits per heavy atom. The quantitative estimate of drug-likeness (QED) is 0.629. The van der Waals surface area contributed by atoms with Gasteiger partial charge in [0, 0.05) is 45.3 Å². The van der Waals surface area contributed by atoms with E-state index in [9.17, 15) is 4.39 Å². The maximum Gasteiger partial charge on any atom is 0.191 e. The minimum atomic E-state index is -0.159. The zero-order valence-corrected chi connectivity index (χ0v) is 15.6. The number of hydrogen-bond donors (Lipinski definition) is 2. The van der Waals surface area contributed by atoms with Crippen LogP contribution in [0.25, 0.3) is 0 Å². The second-order valence-electron chi connectivity index (χ2n) is 7.08. The molecule has 0 radical (unpaired) electrons. The first-order valence-electron chi connectivity index (χ1n) is 9.34. The van der Waals surface area contributed by atoms with Gasteiger partial charge in [0.15, 0.2) is 5.96 Å². The summed E-state index contributed by atoms with van der Waals surface area (Å²) in [7, 11) is 0. The molecule has 6 heteroatoms. The first kappa shape index (κ1) is 18.1. The number of benzene rings is 1. The molecule has 3 saturated heterocycles. The highest BCUT2D eigenvalue weighted by Gasteiger charge is 2.31. The first-order chi connectivity index (χ1) is 12.1. The first-order valence-corrected chi connectivity index (χ1v) is 9.34. The van der Waals surface area contributed by atoms with Crippen molar-refractivity contribution in [3.05, 3.63) is 35.1 Å². The lowest BCUT2D eigenvalue weighted by Crippen LogP contribution is -2.62. The molecule has 138 valence electrons. The van der Waals surface area contributed by atoms with Crippen LogP contribution in [-0.4, -0.2) is 67.6 Å². The van der Waals surface area contributed by atoms with Crippen LogP contribution in [-0.2, 0) is 0 Å². The van der Waals surface area contributed by atoms with Crippen molar-refractivity contribution in [1.29, 1.82) is 0 Å². The summed E-state index contributed by atoms with van der Waals surface area (Å²) in [6, 6.07) is 5.91. The van der Waals surface area contributed by atoms with E-state index in [0.29, 0.717) is 11.6 Å². The second kappa shape index (κ2) is 8.15. The average Bonchev–Trinajstić information content (AvgIpc) is 2.63. The molecule has 3 heterocycles. The summed E-state index contributed by atoms with van der Waals surface area (Å²) in [4.78, 5) is 9.87. The smallest absolute Gasteiger partial charge is 0.191 e. The minimum Gasteiger partial charge on any atom is -0.357 e. The van der Waals surface area contributed by atoms with Gasteiger partial charge in [-0.3, -0.25) is 14.8 Å². The van der Waals surface area contributed by atoms with Crippen molar-refractivity contribution in [2.45, 2.75) is 32.9 Å². The van der Waals surface area contributed by atoms with Gasteiger partial charge in [-0.05, 0) is 38.0 Å². The molecule has 0 spiro atoms. The van der Waals surface area contributed by atoms with Crippen molar-refractivity contribution in [1.82, 2.24) is 20.4 Å². The van der Waals surface area contributed by atoms with Crippen molar-refractivity contribution in [3.8, 4) is 0 Å². The number of fused-ring (bicyclic) bond motifs is 3. The molecule has 0 amide bonds. The monoisotopic (exact) mass is 347 g/mol. The fourth-order valence-corrected chi connectivity index (χ4v) is 3.58. The maximum absolute atomic E-state index is 13.8. The van der Waals surface area contributed by atoms with Crippen LogP contribution < -0.4 is 10.6 Å². The fraction of sp³-hybridized carbons (Fsp3) is 0.632. The molecule has 0 saturated carbocycles. The summed E-state index contributed by atoms with van der Waals surface area (Å²) in [5.74, 6) is 0.641. The molecule has 3 aliphatic rings. The molecule has 2 atom stereocenters. The Morgan fingerprint density at radius 2 is 2.08 bits per heavy atom. The largest absolute Gasteiger partial charge is 0.357 e. The van der Waals surface area contributed by atoms with Crippen molar-refractivity contribution < 1.29 is 4.39 Å². The van der Waals surface area contributed by atoms with Gasteiger partial charge < -0.3 is 10.6 Å². The van der Waals surface area contributed by atoms with Crippen LogP contribution in [0, 0.1) is 12.7 Å². The molecule has 2 bridgehead atoms. The molecular formula is C19H30FN5. The van der Waals surface area contributed by atoms with Crippen molar-refractivity contribution >= 4 is 5.96 Å². The molecule has 1 aromatic rings. The van der Waals surface area contributed by atoms with Gasteiger partial charge in [-0.15, -0.1) is 0 Å². The van der Waals surface area contributed by atoms with Crippen LogP contribution in [0.1, 0.15) is 31.0 Å². The number of piperazine rings is 3. The van der Waals surface area contributed by atoms with Gasteiger partial charge in [0.1, 0.15) is 5.82 Å². The lowest BCUT2D eigenvalue weighted by Gasteiger charge is -2.47. The molecule has 0 aromatic heterocycles. The summed E-state index contributed by atoms with van der Waals surface area (Å²) in [6.45, 7) is 13.3. The zero-order chi connectivity index (χ0) is 17.8. The van der Waals surface area contributed by atoms with Crippen LogP contribution in [0.3, 0.4) is 0 Å². The number of guanidine groups is 1. The van der Waals surface area contributed by atoms with E-state index in [2.05, 4.69) is 27.4 Å². The number of hydrogen-bond acceptors (Lipinski definition) is 3. The number of aryl methyl sites for hydroxylation is 1. The fourth-order valence-electron chi connectivity index (χ4n) is 3.58. The van der Waals surface area contributed by atoms with Crippen molar-refractivity contribution in [2.24, 2.45) is 4.99 Å². The van der Waals surface area contributed by atoms with Gasteiger partial charge in [0.25, 0.3) is 0 Å². The van der Waals surface area contributed by atoms with E-state index in [1.165, 1.54) is 13.1 Å². The van der Waals surface area contributed by atoms with E-state index in [0.717, 1.165) is 44.2 Å². The molecular weight excluding hydrogens is 317 g/mol. The molecule has 4 rings (SSSR count). The summed E-state index contributed by atoms with van der Waals surface area (Å²) in [5, 5.41) is 6.71. The molecule has 3 aliphatic heterocycles. The van der Waals surface area contributed by atoms with E-state index >= 15 is 0 Å². The highest BCUT2D eigenvalue weighted by atomic mass is 19.1. The molecule has 25 heavy (non-hydrogen) atoms. The van der Waals surface area contributed by atoms with Crippen LogP contribution in [0.5, 0.6) is 0 Å². The SMILES string of the molecule is CCNC(=NCC1CN2CCN1CC2)NC(C)c1ccc(C)c(F)c1. The Hall–Kier alpha value is -1.66. The maximum atomic E-state index is 13.8. The van der Waals surface area contributed by atoms with Crippen molar-refractivity contribution in [3.63, 3.8) is 0 Å². The van der Waals surface area contributed by atoms with E-state index in [4.69, 9.17) is 4.99 Å². The summed E-state index contributed by atoms with van der Waals surface area (Å²) in [6.07, 6.45) is 0. The number of nitrogens with one attached hydrogen (secondary N) is 2. The topological polar surface area (TPSA) is 42.9 Å². The number of rotatable bonds is 5. The molecule has 3 fully saturated rings. The van der Waals surface area contributed by atoms with Crippen LogP contribution in [0.15, 0.2) is 23.2 Å². The Kier molecular flexibility index (Phi) is 5.91. The van der Waals surface area contributed by atoms with Crippen LogP contribution >= 0.6 is 0 Å². The molecule has 2 N–H and O–H groups in total. The van der Waals surface area contributed by atoms with Gasteiger partial charge in [-0.1, -0.05) is 12.1 Å². The van der Waals surface area contributed by atoms with Gasteiger partial charge in [-0.25, -0.2) is 4.39 Å². The van der Waals surface area contributed by atoms with E-state index in [1.54, 1.807) is 13.0 Å². The van der Waals surface area contributed by atoms with E-state index in [1.807, 2.05) is 19.1 Å². The molecule has 5 nitrogen and oxygen atoms in total. The van der Waals surface area contributed by atoms with Gasteiger partial charge in [0.05, 0.1) is 12.6 Å². The minimum absolute atomic E-state index is 0.000219. The Bertz CT molecular complexity index is 610. The van der Waals surface area contributed by atoms with Gasteiger partial charge in [0.2, 0.25) is 0 Å². The summed E-state index contributed by atoms with van der Waals surface area (Å²) >= 11 is 0. The van der Waals surface area contributed by atoms with Crippen LogP contribution in [0.4, 0.5) is 4.39 Å². The van der Waals surface area contributed by atoms with Crippen LogP contribution in [0.2, 0.25) is 0 Å². The molecule has 2 unspecified atom stereocenters. The normalized spacial score (nSPS) is 27.2. The summed E-state index contributed by atoms with van der Waals surface area (Å²) in [5.41, 5.74) is 1.60. The lowest BCUT2D eigenvalue weighted by atomic mass is 10.1. The van der Waals surface area contributed by atoms with Crippen molar-refractivity contribution in [2.75, 3.05) is 45.8 Å². The Labute approximate surface area is 150 Å². The van der Waals surface area contributed by atoms with E-state index in [-0.39, 0.29) is 11.9 Å². The molecule has 1 aromatic carbocycles. The highest BCUT2D eigenvalue weighted by Crippen LogP contribution is 2.17. The second-order valence-corrected chi connectivity index (χ2v) is 7.08. The van der Waals surface area contributed by atoms with Gasteiger partial charge in [-0.2, -0.15) is 0 Å². The Morgan fingerprint density at radius 3 is 2.68 bits per heavy atom. The standard InChI is InChI=1S/C19H30FN5/c1-4-21-19(22-12-17-13-24-7-9-25(17)10-8-24)23-15(3)16-6-5-14(2)18(20)11-16/h5-6,11,15,17H,4,7-10,12-13H2,1-3H3,(H2,21,22,23). The van der Waals surface area contributed by atoms with Gasteiger partial charge >= 0.3 is 0 Å². The molecule has 0 aliphatic carbocycles. The third-order valence-corrected chi connectivity index (χ3v) is 5.25. The Balaban J connectivity index is 1.62. The van der Waals surface area contributed by atoms with E-state index < -0.39 is 0 Å². The predicted octanol–water partition coefficient (Wildman–Crippen LogP) is 1.75. The lowest BCUT2D eigenvalue weighted by molar-refractivity contribution is 0.0174. The predicted molar refractivity (Wildman–Crippen MR) is 100 cm³/mol. The third-order valence-electron chi connectivity index (χ3n) is 5.25. The number of aliphatic imine (C=N–C) groups is 1. The summed E-state index contributed by atoms with van der Waals surface area (Å²) < 4.78 is 13.8. The zero-order valence-electron chi connectivity index (χ0n) is 15.6. The highest BCUT2D eigenvalue weighted by molar-refractivity contribution is 5.80. The average molecular weight is 347 g/mol. The number of halogens is 1. The number of nitrogens with zero attached hydrogens (tertiary/aromatic N) is 3.